The highest BCUT2D eigenvalue weighted by Gasteiger charge is 2.22. The van der Waals surface area contributed by atoms with Crippen LogP contribution in [-0.4, -0.2) is 39.8 Å². The Labute approximate surface area is 162 Å². The van der Waals surface area contributed by atoms with Gasteiger partial charge in [0.2, 0.25) is 0 Å². The van der Waals surface area contributed by atoms with Crippen LogP contribution in [0.1, 0.15) is 32.1 Å². The molecule has 2 N–H and O–H groups in total. The molecule has 0 amide bonds. The molecule has 0 aliphatic heterocycles. The number of nitrogens with one attached hydrogen (secondary N) is 2. The Morgan fingerprint density at radius 3 is 2.52 bits per heavy atom. The summed E-state index contributed by atoms with van der Waals surface area (Å²) in [7, 11) is 3.29. The van der Waals surface area contributed by atoms with Crippen molar-refractivity contribution < 1.29 is 13.9 Å². The molecule has 0 saturated heterocycles. The summed E-state index contributed by atoms with van der Waals surface area (Å²) in [5.41, 5.74) is 0.999. The second kappa shape index (κ2) is 9.90. The average molecular weight is 373 g/mol. The molecule has 1 aromatic carbocycles. The highest BCUT2D eigenvalue weighted by Crippen LogP contribution is 2.33. The van der Waals surface area contributed by atoms with E-state index in [4.69, 9.17) is 18.9 Å². The lowest BCUT2D eigenvalue weighted by atomic mass is 9.84. The second-order valence-corrected chi connectivity index (χ2v) is 6.90. The molecule has 27 heavy (non-hydrogen) atoms. The first-order chi connectivity index (χ1) is 13.0. The third-order valence-corrected chi connectivity index (χ3v) is 4.39. The minimum Gasteiger partial charge on any atom is -0.493 e. The van der Waals surface area contributed by atoms with Crippen LogP contribution in [0.3, 0.4) is 0 Å². The van der Waals surface area contributed by atoms with Crippen molar-refractivity contribution in [3.05, 3.63) is 47.9 Å². The number of benzene rings is 1. The zero-order chi connectivity index (χ0) is 19.7. The predicted molar refractivity (Wildman–Crippen MR) is 109 cm³/mol. The first-order valence-corrected chi connectivity index (χ1v) is 9.27. The van der Waals surface area contributed by atoms with E-state index in [-0.39, 0.29) is 5.41 Å². The monoisotopic (exact) mass is 373 g/mol. The van der Waals surface area contributed by atoms with Crippen molar-refractivity contribution in [1.29, 1.82) is 0 Å². The molecule has 0 fully saturated rings. The van der Waals surface area contributed by atoms with Gasteiger partial charge in [-0.3, -0.25) is 4.99 Å². The molecule has 0 saturated carbocycles. The van der Waals surface area contributed by atoms with E-state index in [1.807, 2.05) is 24.3 Å². The number of methoxy groups -OCH3 is 2. The molecule has 148 valence electrons. The third kappa shape index (κ3) is 5.94. The quantitative estimate of drug-likeness (QED) is 0.521. The van der Waals surface area contributed by atoms with E-state index in [2.05, 4.69) is 37.5 Å². The Hall–Kier alpha value is -2.63. The van der Waals surface area contributed by atoms with Crippen LogP contribution >= 0.6 is 0 Å². The number of hydrogen-bond donors (Lipinski definition) is 2. The zero-order valence-corrected chi connectivity index (χ0v) is 17.0. The molecule has 0 aliphatic rings. The summed E-state index contributed by atoms with van der Waals surface area (Å²) in [6.45, 7) is 8.61. The highest BCUT2D eigenvalue weighted by atomic mass is 16.5. The molecule has 6 nitrogen and oxygen atoms in total. The molecule has 0 bridgehead atoms. The van der Waals surface area contributed by atoms with E-state index >= 15 is 0 Å². The van der Waals surface area contributed by atoms with Crippen LogP contribution in [0.4, 0.5) is 0 Å². The van der Waals surface area contributed by atoms with Crippen LogP contribution in [0.2, 0.25) is 0 Å². The van der Waals surface area contributed by atoms with Gasteiger partial charge in [0.25, 0.3) is 0 Å². The topological polar surface area (TPSA) is 68.0 Å². The molecule has 1 aromatic heterocycles. The molecule has 2 aromatic rings. The number of ether oxygens (including phenoxy) is 2. The zero-order valence-electron chi connectivity index (χ0n) is 17.0. The molecule has 6 heteroatoms. The number of guanidine groups is 1. The average Bonchev–Trinajstić information content (AvgIpc) is 3.19. The molecule has 2 rings (SSSR count). The van der Waals surface area contributed by atoms with Crippen molar-refractivity contribution in [3.8, 4) is 11.5 Å². The van der Waals surface area contributed by atoms with Crippen molar-refractivity contribution >= 4 is 5.96 Å². The van der Waals surface area contributed by atoms with E-state index in [1.54, 1.807) is 20.5 Å². The maximum atomic E-state index is 5.43. The Kier molecular flexibility index (Phi) is 7.58. The van der Waals surface area contributed by atoms with Gasteiger partial charge in [0.1, 0.15) is 5.76 Å². The number of furan rings is 1. The molecule has 0 spiro atoms. The van der Waals surface area contributed by atoms with Crippen molar-refractivity contribution in [2.45, 2.75) is 32.6 Å². The molecule has 1 heterocycles. The predicted octanol–water partition coefficient (Wildman–Crippen LogP) is 3.37. The number of nitrogens with zero attached hydrogens (tertiary/aromatic N) is 1. The van der Waals surface area contributed by atoms with Crippen molar-refractivity contribution in [2.75, 3.05) is 33.9 Å². The van der Waals surface area contributed by atoms with Crippen molar-refractivity contribution in [1.82, 2.24) is 10.6 Å². The summed E-state index contributed by atoms with van der Waals surface area (Å²) in [5, 5.41) is 6.65. The maximum Gasteiger partial charge on any atom is 0.191 e. The fourth-order valence-electron chi connectivity index (χ4n) is 2.73. The summed E-state index contributed by atoms with van der Waals surface area (Å²) in [5.74, 6) is 3.23. The van der Waals surface area contributed by atoms with E-state index in [9.17, 15) is 0 Å². The molecule has 0 atom stereocenters. The van der Waals surface area contributed by atoms with Gasteiger partial charge in [0.15, 0.2) is 17.5 Å². The van der Waals surface area contributed by atoms with E-state index in [0.717, 1.165) is 48.3 Å². The highest BCUT2D eigenvalue weighted by molar-refractivity contribution is 5.79. The SMILES string of the molecule is CCNC(=NCC(C)(C)c1ccc(OC)c(OC)c1)NCCc1ccco1. The minimum atomic E-state index is -0.150. The minimum absolute atomic E-state index is 0.150. The van der Waals surface area contributed by atoms with Crippen LogP contribution in [0, 0.1) is 0 Å². The Morgan fingerprint density at radius 1 is 1.11 bits per heavy atom. The van der Waals surface area contributed by atoms with Crippen LogP contribution in [-0.2, 0) is 11.8 Å². The van der Waals surface area contributed by atoms with Gasteiger partial charge in [-0.2, -0.15) is 0 Å². The molecule has 0 radical (unpaired) electrons. The van der Waals surface area contributed by atoms with E-state index < -0.39 is 0 Å². The van der Waals surface area contributed by atoms with Gasteiger partial charge >= 0.3 is 0 Å². The number of aliphatic imine (C=N–C) groups is 1. The van der Waals surface area contributed by atoms with Gasteiger partial charge in [0, 0.05) is 24.9 Å². The first-order valence-electron chi connectivity index (χ1n) is 9.27. The summed E-state index contributed by atoms with van der Waals surface area (Å²) in [6.07, 6.45) is 2.51. The summed E-state index contributed by atoms with van der Waals surface area (Å²) < 4.78 is 16.1. The van der Waals surface area contributed by atoms with Crippen LogP contribution < -0.4 is 20.1 Å². The first kappa shape index (κ1) is 20.7. The van der Waals surface area contributed by atoms with Crippen molar-refractivity contribution in [2.24, 2.45) is 4.99 Å². The standard InChI is InChI=1S/C21H31N3O3/c1-6-22-20(23-12-11-17-8-7-13-27-17)24-15-21(2,3)16-9-10-18(25-4)19(14-16)26-5/h7-10,13-14H,6,11-12,15H2,1-5H3,(H2,22,23,24). The summed E-state index contributed by atoms with van der Waals surface area (Å²) >= 11 is 0. The van der Waals surface area contributed by atoms with Crippen molar-refractivity contribution in [3.63, 3.8) is 0 Å². The van der Waals surface area contributed by atoms with Crippen LogP contribution in [0.15, 0.2) is 46.0 Å². The molecular formula is C21H31N3O3. The van der Waals surface area contributed by atoms with Gasteiger partial charge in [-0.25, -0.2) is 0 Å². The van der Waals surface area contributed by atoms with E-state index in [1.165, 1.54) is 0 Å². The lowest BCUT2D eigenvalue weighted by molar-refractivity contribution is 0.353. The third-order valence-electron chi connectivity index (χ3n) is 4.39. The van der Waals surface area contributed by atoms with Crippen LogP contribution in [0.5, 0.6) is 11.5 Å². The number of rotatable bonds is 9. The summed E-state index contributed by atoms with van der Waals surface area (Å²) in [4.78, 5) is 4.77. The number of hydrogen-bond acceptors (Lipinski definition) is 4. The molecular weight excluding hydrogens is 342 g/mol. The second-order valence-electron chi connectivity index (χ2n) is 6.90. The largest absolute Gasteiger partial charge is 0.493 e. The lowest BCUT2D eigenvalue weighted by Gasteiger charge is -2.25. The van der Waals surface area contributed by atoms with Gasteiger partial charge < -0.3 is 24.5 Å². The fourth-order valence-corrected chi connectivity index (χ4v) is 2.73. The Bertz CT molecular complexity index is 724. The fraction of sp³-hybridized carbons (Fsp3) is 0.476. The Morgan fingerprint density at radius 2 is 1.89 bits per heavy atom. The Balaban J connectivity index is 2.03. The van der Waals surface area contributed by atoms with E-state index in [0.29, 0.717) is 6.54 Å². The van der Waals surface area contributed by atoms with Gasteiger partial charge in [-0.05, 0) is 36.8 Å². The molecule has 0 unspecified atom stereocenters. The van der Waals surface area contributed by atoms with Crippen LogP contribution in [0.25, 0.3) is 0 Å². The maximum absolute atomic E-state index is 5.43. The normalized spacial score (nSPS) is 12.0. The van der Waals surface area contributed by atoms with Gasteiger partial charge in [-0.1, -0.05) is 19.9 Å². The van der Waals surface area contributed by atoms with Gasteiger partial charge in [0.05, 0.1) is 27.0 Å². The smallest absolute Gasteiger partial charge is 0.191 e. The van der Waals surface area contributed by atoms with Gasteiger partial charge in [-0.15, -0.1) is 0 Å². The summed E-state index contributed by atoms with van der Waals surface area (Å²) in [6, 6.07) is 9.90. The lowest BCUT2D eigenvalue weighted by Crippen LogP contribution is -2.39. The molecule has 0 aliphatic carbocycles.